The molecule has 4 nitrogen and oxygen atoms in total. The number of unbranched alkanes of at least 4 members (excludes halogenated alkanes) is 2. The molecule has 1 saturated heterocycles. The monoisotopic (exact) mass is 250 g/mol. The number of rotatable bonds is 5. The quantitative estimate of drug-likeness (QED) is 0.588. The molecular weight excluding hydrogens is 228 g/mol. The Morgan fingerprint density at radius 1 is 1.44 bits per heavy atom. The molecule has 1 aliphatic heterocycles. The minimum absolute atomic E-state index is 0.0341. The fourth-order valence-corrected chi connectivity index (χ4v) is 2.05. The van der Waals surface area contributed by atoms with Gasteiger partial charge in [0.2, 0.25) is 11.8 Å². The van der Waals surface area contributed by atoms with E-state index in [2.05, 4.69) is 11.2 Å². The Kier molecular flexibility index (Phi) is 5.70. The van der Waals surface area contributed by atoms with E-state index in [0.29, 0.717) is 19.5 Å². The number of nitrogens with zero attached hydrogens (tertiary/aromatic N) is 1. The highest BCUT2D eigenvalue weighted by molar-refractivity contribution is 5.90. The molecular formula is C14H22N2O2. The van der Waals surface area contributed by atoms with Gasteiger partial charge in [-0.25, -0.2) is 0 Å². The molecule has 0 aromatic rings. The molecule has 1 unspecified atom stereocenters. The standard InChI is InChI=1S/C14H22N2O2/c1-4-5-6-7-9-16-10-8-12(17)15-13(11(2)3)14(16)18/h1,11,13H,5-10H2,2-3H3,(H,15,17). The van der Waals surface area contributed by atoms with Gasteiger partial charge in [-0.3, -0.25) is 9.59 Å². The molecule has 0 aromatic carbocycles. The molecule has 0 saturated carbocycles. The predicted octanol–water partition coefficient (Wildman–Crippen LogP) is 1.16. The van der Waals surface area contributed by atoms with Crippen LogP contribution in [0, 0.1) is 18.3 Å². The number of amides is 2. The lowest BCUT2D eigenvalue weighted by Crippen LogP contribution is -2.47. The van der Waals surface area contributed by atoms with Crippen LogP contribution in [0.25, 0.3) is 0 Å². The summed E-state index contributed by atoms with van der Waals surface area (Å²) in [6, 6.07) is -0.382. The van der Waals surface area contributed by atoms with Gasteiger partial charge in [-0.1, -0.05) is 13.8 Å². The Morgan fingerprint density at radius 2 is 2.17 bits per heavy atom. The van der Waals surface area contributed by atoms with Gasteiger partial charge in [-0.15, -0.1) is 12.3 Å². The highest BCUT2D eigenvalue weighted by atomic mass is 16.2. The first-order chi connectivity index (χ1) is 8.56. The van der Waals surface area contributed by atoms with Crippen LogP contribution in [-0.2, 0) is 9.59 Å². The Balaban J connectivity index is 2.58. The zero-order valence-corrected chi connectivity index (χ0v) is 11.2. The van der Waals surface area contributed by atoms with Crippen molar-refractivity contribution in [2.24, 2.45) is 5.92 Å². The summed E-state index contributed by atoms with van der Waals surface area (Å²) in [7, 11) is 0. The normalized spacial score (nSPS) is 20.6. The third kappa shape index (κ3) is 4.06. The molecule has 0 aromatic heterocycles. The van der Waals surface area contributed by atoms with E-state index < -0.39 is 0 Å². The zero-order valence-electron chi connectivity index (χ0n) is 11.2. The third-order valence-corrected chi connectivity index (χ3v) is 3.17. The van der Waals surface area contributed by atoms with Crippen molar-refractivity contribution in [2.75, 3.05) is 13.1 Å². The first-order valence-corrected chi connectivity index (χ1v) is 6.58. The van der Waals surface area contributed by atoms with E-state index in [4.69, 9.17) is 6.42 Å². The first kappa shape index (κ1) is 14.6. The number of carbonyl (C=O) groups is 2. The van der Waals surface area contributed by atoms with E-state index in [1.807, 2.05) is 13.8 Å². The summed E-state index contributed by atoms with van der Waals surface area (Å²) in [5.41, 5.74) is 0. The second kappa shape index (κ2) is 7.05. The minimum Gasteiger partial charge on any atom is -0.344 e. The summed E-state index contributed by atoms with van der Waals surface area (Å²) in [5, 5.41) is 2.80. The Hall–Kier alpha value is -1.50. The first-order valence-electron chi connectivity index (χ1n) is 6.58. The number of hydrogen-bond donors (Lipinski definition) is 1. The van der Waals surface area contributed by atoms with Gasteiger partial charge in [0.05, 0.1) is 0 Å². The van der Waals surface area contributed by atoms with Crippen LogP contribution in [0.3, 0.4) is 0 Å². The molecule has 0 aliphatic carbocycles. The Labute approximate surface area is 109 Å². The topological polar surface area (TPSA) is 49.4 Å². The molecule has 0 bridgehead atoms. The maximum atomic E-state index is 12.3. The summed E-state index contributed by atoms with van der Waals surface area (Å²) in [6.07, 6.45) is 8.15. The fraction of sp³-hybridized carbons (Fsp3) is 0.714. The summed E-state index contributed by atoms with van der Waals surface area (Å²) in [6.45, 7) is 5.11. The van der Waals surface area contributed by atoms with Crippen molar-refractivity contribution in [3.63, 3.8) is 0 Å². The molecule has 1 atom stereocenters. The lowest BCUT2D eigenvalue weighted by Gasteiger charge is -2.25. The second-order valence-corrected chi connectivity index (χ2v) is 5.03. The van der Waals surface area contributed by atoms with E-state index in [1.165, 1.54) is 0 Å². The molecule has 100 valence electrons. The molecule has 1 heterocycles. The highest BCUT2D eigenvalue weighted by Crippen LogP contribution is 2.12. The van der Waals surface area contributed by atoms with E-state index >= 15 is 0 Å². The molecule has 1 aliphatic rings. The van der Waals surface area contributed by atoms with Gasteiger partial charge in [-0.05, 0) is 18.8 Å². The number of carbonyl (C=O) groups excluding carboxylic acids is 2. The van der Waals surface area contributed by atoms with Crippen molar-refractivity contribution < 1.29 is 9.59 Å². The molecule has 4 heteroatoms. The number of hydrogen-bond acceptors (Lipinski definition) is 2. The van der Waals surface area contributed by atoms with Gasteiger partial charge in [0.15, 0.2) is 0 Å². The van der Waals surface area contributed by atoms with E-state index in [1.54, 1.807) is 4.90 Å². The summed E-state index contributed by atoms with van der Waals surface area (Å²) in [5.74, 6) is 2.72. The van der Waals surface area contributed by atoms with Crippen LogP contribution < -0.4 is 5.32 Å². The van der Waals surface area contributed by atoms with Gasteiger partial charge in [0, 0.05) is 25.9 Å². The number of nitrogens with one attached hydrogen (secondary N) is 1. The van der Waals surface area contributed by atoms with Gasteiger partial charge in [-0.2, -0.15) is 0 Å². The molecule has 1 rings (SSSR count). The summed E-state index contributed by atoms with van der Waals surface area (Å²) >= 11 is 0. The van der Waals surface area contributed by atoms with Crippen molar-refractivity contribution in [3.8, 4) is 12.3 Å². The predicted molar refractivity (Wildman–Crippen MR) is 70.6 cm³/mol. The molecule has 1 fully saturated rings. The van der Waals surface area contributed by atoms with Crippen molar-refractivity contribution in [1.82, 2.24) is 10.2 Å². The molecule has 1 N–H and O–H groups in total. The maximum Gasteiger partial charge on any atom is 0.245 e. The smallest absolute Gasteiger partial charge is 0.245 e. The largest absolute Gasteiger partial charge is 0.344 e. The zero-order chi connectivity index (χ0) is 13.5. The molecule has 0 radical (unpaired) electrons. The Morgan fingerprint density at radius 3 is 2.78 bits per heavy atom. The van der Waals surface area contributed by atoms with Gasteiger partial charge < -0.3 is 10.2 Å². The van der Waals surface area contributed by atoms with E-state index in [-0.39, 0.29) is 23.8 Å². The average Bonchev–Trinajstić information content (AvgIpc) is 2.46. The second-order valence-electron chi connectivity index (χ2n) is 5.03. The van der Waals surface area contributed by atoms with E-state index in [9.17, 15) is 9.59 Å². The fourth-order valence-electron chi connectivity index (χ4n) is 2.05. The van der Waals surface area contributed by atoms with Crippen LogP contribution in [0.5, 0.6) is 0 Å². The van der Waals surface area contributed by atoms with Crippen molar-refractivity contribution in [2.45, 2.75) is 45.6 Å². The van der Waals surface area contributed by atoms with Crippen LogP contribution >= 0.6 is 0 Å². The number of terminal acetylenes is 1. The summed E-state index contributed by atoms with van der Waals surface area (Å²) < 4.78 is 0. The van der Waals surface area contributed by atoms with Crippen LogP contribution in [0.4, 0.5) is 0 Å². The highest BCUT2D eigenvalue weighted by Gasteiger charge is 2.31. The Bertz CT molecular complexity index is 344. The van der Waals surface area contributed by atoms with Crippen LogP contribution in [-0.4, -0.2) is 35.8 Å². The van der Waals surface area contributed by atoms with Crippen molar-refractivity contribution >= 4 is 11.8 Å². The SMILES string of the molecule is C#CCCCCN1CCC(=O)NC(C(C)C)C1=O. The van der Waals surface area contributed by atoms with Crippen molar-refractivity contribution in [1.29, 1.82) is 0 Å². The van der Waals surface area contributed by atoms with Gasteiger partial charge >= 0.3 is 0 Å². The van der Waals surface area contributed by atoms with Crippen LogP contribution in [0.2, 0.25) is 0 Å². The molecule has 18 heavy (non-hydrogen) atoms. The molecule has 0 spiro atoms. The van der Waals surface area contributed by atoms with Gasteiger partial charge in [0.1, 0.15) is 6.04 Å². The average molecular weight is 250 g/mol. The van der Waals surface area contributed by atoms with E-state index in [0.717, 1.165) is 19.3 Å². The lowest BCUT2D eigenvalue weighted by atomic mass is 10.0. The van der Waals surface area contributed by atoms with Crippen LogP contribution in [0.1, 0.15) is 39.5 Å². The van der Waals surface area contributed by atoms with Crippen molar-refractivity contribution in [3.05, 3.63) is 0 Å². The van der Waals surface area contributed by atoms with Gasteiger partial charge in [0.25, 0.3) is 0 Å². The molecule has 2 amide bonds. The maximum absolute atomic E-state index is 12.3. The lowest BCUT2D eigenvalue weighted by molar-refractivity contribution is -0.134. The van der Waals surface area contributed by atoms with Crippen LogP contribution in [0.15, 0.2) is 0 Å². The summed E-state index contributed by atoms with van der Waals surface area (Å²) in [4.78, 5) is 25.6. The third-order valence-electron chi connectivity index (χ3n) is 3.17. The minimum atomic E-state index is -0.382.